The Bertz CT molecular complexity index is 2750. The van der Waals surface area contributed by atoms with Crippen molar-refractivity contribution < 1.29 is 57.3 Å². The van der Waals surface area contributed by atoms with Crippen LogP contribution < -0.4 is 43.2 Å². The van der Waals surface area contributed by atoms with E-state index in [1.165, 1.54) is 10.6 Å². The van der Waals surface area contributed by atoms with Gasteiger partial charge in [0.25, 0.3) is 5.56 Å². The van der Waals surface area contributed by atoms with Gasteiger partial charge in [-0.2, -0.15) is 0 Å². The van der Waals surface area contributed by atoms with E-state index in [0.29, 0.717) is 70.5 Å². The molecule has 22 heteroatoms. The molecule has 0 spiro atoms. The van der Waals surface area contributed by atoms with E-state index in [4.69, 9.17) is 24.9 Å². The maximum absolute atomic E-state index is 15.3. The maximum atomic E-state index is 15.3. The van der Waals surface area contributed by atoms with Gasteiger partial charge in [-0.05, 0) is 54.5 Å². The molecule has 0 unspecified atom stereocenters. The van der Waals surface area contributed by atoms with E-state index in [-0.39, 0.29) is 56.7 Å². The Morgan fingerprint density at radius 2 is 1.65 bits per heavy atom. The van der Waals surface area contributed by atoms with Crippen molar-refractivity contribution in [1.29, 1.82) is 0 Å². The lowest BCUT2D eigenvalue weighted by atomic mass is 9.81. The third-order valence-corrected chi connectivity index (χ3v) is 12.3. The Kier molecular flexibility index (Phi) is 15.8. The number of carbonyl (C=O) groups excluding carboxylic acids is 7. The summed E-state index contributed by atoms with van der Waals surface area (Å²) in [5.74, 6) is -4.99. The molecule has 0 bridgehead atoms. The first-order chi connectivity index (χ1) is 33.1. The Labute approximate surface area is 394 Å². The Hall–Kier alpha value is -7.14. The minimum Gasteiger partial charge on any atom is -0.458 e. The van der Waals surface area contributed by atoms with Gasteiger partial charge < -0.3 is 61.5 Å². The number of esters is 1. The molecule has 366 valence electrons. The number of rotatable bonds is 21. The number of nitrogens with one attached hydrogen (secondary N) is 6. The van der Waals surface area contributed by atoms with Gasteiger partial charge in [-0.15, -0.1) is 0 Å². The van der Waals surface area contributed by atoms with Crippen LogP contribution >= 0.6 is 0 Å². The van der Waals surface area contributed by atoms with E-state index in [2.05, 4.69) is 31.9 Å². The standard InChI is InChI=1S/C47H54FN9O12/c1-3-47(66)30-16-35-43-28(21-57(35)45(64)29(30)22-69-46(47)65)42-32(10-9-27-25(2)31(48)17-33(56-43)41(27)42)54-40(62)23-68-24-53-38(60)19-52-44(63)34(15-26-7-5-4-6-8-26)55-39(61)20-51-37(59)18-50-36(58)11-13-67-14-12-49/h4-8,16-17,32,34,66H,3,9-15,18-24,49H2,1-2H3,(H,50,58)(H,51,59)(H,52,63)(H,53,60)(H,54,62)(H,55,61)/t32-,34-,47-/m0/s1. The van der Waals surface area contributed by atoms with Crippen molar-refractivity contribution in [2.75, 3.05) is 52.7 Å². The molecule has 0 saturated carbocycles. The topological polar surface area (TPSA) is 300 Å². The third-order valence-electron chi connectivity index (χ3n) is 12.3. The lowest BCUT2D eigenvalue weighted by Crippen LogP contribution is -2.52. The van der Waals surface area contributed by atoms with Gasteiger partial charge in [0.05, 0.1) is 67.9 Å². The summed E-state index contributed by atoms with van der Waals surface area (Å²) in [6.07, 6.45) is 0.815. The van der Waals surface area contributed by atoms with Crippen LogP contribution in [0.5, 0.6) is 0 Å². The predicted octanol–water partition coefficient (Wildman–Crippen LogP) is -0.838. The number of hydrogen-bond acceptors (Lipinski definition) is 14. The molecule has 4 aromatic rings. The summed E-state index contributed by atoms with van der Waals surface area (Å²) in [6, 6.07) is 9.91. The Morgan fingerprint density at radius 1 is 0.928 bits per heavy atom. The molecule has 3 atom stereocenters. The second-order valence-corrected chi connectivity index (χ2v) is 16.8. The van der Waals surface area contributed by atoms with Crippen molar-refractivity contribution in [3.63, 3.8) is 0 Å². The van der Waals surface area contributed by atoms with E-state index in [1.807, 2.05) is 0 Å². The lowest BCUT2D eigenvalue weighted by molar-refractivity contribution is -0.172. The van der Waals surface area contributed by atoms with Crippen molar-refractivity contribution in [3.05, 3.63) is 97.6 Å². The van der Waals surface area contributed by atoms with Gasteiger partial charge in [0.2, 0.25) is 35.4 Å². The molecule has 3 aliphatic rings. The van der Waals surface area contributed by atoms with Gasteiger partial charge in [-0.1, -0.05) is 37.3 Å². The molecule has 2 aromatic heterocycles. The predicted molar refractivity (Wildman–Crippen MR) is 243 cm³/mol. The van der Waals surface area contributed by atoms with Crippen LogP contribution in [-0.2, 0) is 79.4 Å². The van der Waals surface area contributed by atoms with Gasteiger partial charge in [-0.3, -0.25) is 33.6 Å². The molecule has 69 heavy (non-hydrogen) atoms. The fraction of sp³-hybridized carbons (Fsp3) is 0.426. The van der Waals surface area contributed by atoms with Crippen molar-refractivity contribution in [2.45, 2.75) is 76.8 Å². The van der Waals surface area contributed by atoms with E-state index < -0.39 is 96.9 Å². The molecule has 0 fully saturated rings. The second kappa shape index (κ2) is 21.9. The number of aryl methyl sites for hydroxylation is 1. The van der Waals surface area contributed by atoms with E-state index >= 15 is 4.39 Å². The van der Waals surface area contributed by atoms with Crippen LogP contribution in [0, 0.1) is 12.7 Å². The molecule has 6 amide bonds. The number of nitrogens with zero attached hydrogens (tertiary/aromatic N) is 2. The van der Waals surface area contributed by atoms with Gasteiger partial charge in [0, 0.05) is 42.0 Å². The number of benzene rings is 2. The number of fused-ring (bicyclic) bond motifs is 5. The molecule has 2 aliphatic heterocycles. The van der Waals surface area contributed by atoms with Crippen LogP contribution in [0.1, 0.15) is 71.2 Å². The van der Waals surface area contributed by atoms with Crippen LogP contribution in [0.3, 0.4) is 0 Å². The van der Waals surface area contributed by atoms with Crippen molar-refractivity contribution in [1.82, 2.24) is 41.5 Å². The van der Waals surface area contributed by atoms with E-state index in [9.17, 15) is 43.5 Å². The number of cyclic esters (lactones) is 1. The summed E-state index contributed by atoms with van der Waals surface area (Å²) in [5.41, 5.74) is 7.25. The number of aromatic nitrogens is 2. The quantitative estimate of drug-likeness (QED) is 0.0253. The van der Waals surface area contributed by atoms with Crippen molar-refractivity contribution in [3.8, 4) is 11.4 Å². The Morgan fingerprint density at radius 3 is 2.41 bits per heavy atom. The highest BCUT2D eigenvalue weighted by Gasteiger charge is 2.46. The summed E-state index contributed by atoms with van der Waals surface area (Å²) in [5, 5.41) is 27.3. The molecule has 2 aromatic carbocycles. The normalized spacial score (nSPS) is 16.8. The number of pyridine rings is 2. The van der Waals surface area contributed by atoms with Gasteiger partial charge in [-0.25, -0.2) is 14.2 Å². The average Bonchev–Trinajstić information content (AvgIpc) is 3.71. The van der Waals surface area contributed by atoms with Gasteiger partial charge in [0.15, 0.2) is 5.60 Å². The van der Waals surface area contributed by atoms with Crippen LogP contribution in [0.2, 0.25) is 0 Å². The minimum atomic E-state index is -2.05. The summed E-state index contributed by atoms with van der Waals surface area (Å²) in [6.45, 7) is 1.49. The number of carbonyl (C=O) groups is 7. The number of halogens is 1. The van der Waals surface area contributed by atoms with Crippen LogP contribution in [0.25, 0.3) is 22.3 Å². The molecule has 9 N–H and O–H groups in total. The SMILES string of the molecule is CC[C@@]1(O)C(=O)OCc2c1cc1n(c2=O)Cc2c-1nc1cc(F)c(C)c3c1c2[C@@H](NC(=O)COCNC(=O)CNC(=O)[C@H](Cc1ccccc1)NC(=O)CNC(=O)CNC(=O)CCOCCN)CC3. The van der Waals surface area contributed by atoms with Crippen LogP contribution in [0.4, 0.5) is 4.39 Å². The number of hydrogen-bond donors (Lipinski definition) is 8. The number of nitrogens with two attached hydrogens (primary N) is 1. The first-order valence-electron chi connectivity index (χ1n) is 22.5. The number of amides is 6. The Balaban J connectivity index is 0.932. The monoisotopic (exact) mass is 955 g/mol. The highest BCUT2D eigenvalue weighted by molar-refractivity contribution is 5.95. The minimum absolute atomic E-state index is 0.0226. The van der Waals surface area contributed by atoms with Gasteiger partial charge in [0.1, 0.15) is 31.8 Å². The summed E-state index contributed by atoms with van der Waals surface area (Å²) in [7, 11) is 0. The molecule has 0 saturated heterocycles. The van der Waals surface area contributed by atoms with Crippen LogP contribution in [0.15, 0.2) is 47.3 Å². The number of aliphatic hydroxyl groups is 1. The average molecular weight is 956 g/mol. The molecule has 21 nitrogen and oxygen atoms in total. The van der Waals surface area contributed by atoms with Gasteiger partial charge >= 0.3 is 5.97 Å². The van der Waals surface area contributed by atoms with Crippen LogP contribution in [-0.4, -0.2) is 115 Å². The molecule has 7 rings (SSSR count). The first kappa shape index (κ1) is 49.8. The zero-order valence-corrected chi connectivity index (χ0v) is 38.1. The first-order valence-corrected chi connectivity index (χ1v) is 22.5. The fourth-order valence-corrected chi connectivity index (χ4v) is 8.73. The highest BCUT2D eigenvalue weighted by atomic mass is 19.1. The smallest absolute Gasteiger partial charge is 0.343 e. The molecule has 0 radical (unpaired) electrons. The molecular formula is C47H54FN9O12. The fourth-order valence-electron chi connectivity index (χ4n) is 8.73. The summed E-state index contributed by atoms with van der Waals surface area (Å²) >= 11 is 0. The molecule has 4 heterocycles. The third kappa shape index (κ3) is 11.1. The summed E-state index contributed by atoms with van der Waals surface area (Å²) in [4.78, 5) is 108. The van der Waals surface area contributed by atoms with Crippen molar-refractivity contribution in [2.24, 2.45) is 5.73 Å². The maximum Gasteiger partial charge on any atom is 0.343 e. The second-order valence-electron chi connectivity index (χ2n) is 16.8. The number of ether oxygens (including phenoxy) is 3. The van der Waals surface area contributed by atoms with Crippen molar-refractivity contribution >= 4 is 52.3 Å². The highest BCUT2D eigenvalue weighted by Crippen LogP contribution is 2.46. The largest absolute Gasteiger partial charge is 0.458 e. The van der Waals surface area contributed by atoms with E-state index in [1.54, 1.807) is 50.2 Å². The molecule has 1 aliphatic carbocycles. The lowest BCUT2D eigenvalue weighted by Gasteiger charge is -2.31. The molecular weight excluding hydrogens is 902 g/mol. The zero-order chi connectivity index (χ0) is 49.4. The van der Waals surface area contributed by atoms with E-state index in [0.717, 1.165) is 5.56 Å². The summed E-state index contributed by atoms with van der Waals surface area (Å²) < 4.78 is 32.6. The zero-order valence-electron chi connectivity index (χ0n) is 38.1.